The second-order valence-corrected chi connectivity index (χ2v) is 7.99. The van der Waals surface area contributed by atoms with E-state index in [1.165, 1.54) is 28.7 Å². The second kappa shape index (κ2) is 8.41. The molecule has 0 spiro atoms. The second-order valence-electron chi connectivity index (χ2n) is 6.16. The van der Waals surface area contributed by atoms with Gasteiger partial charge in [-0.1, -0.05) is 54.2 Å². The van der Waals surface area contributed by atoms with Crippen LogP contribution in [-0.4, -0.2) is 26.2 Å². The van der Waals surface area contributed by atoms with Crippen molar-refractivity contribution >= 4 is 34.1 Å². The summed E-state index contributed by atoms with van der Waals surface area (Å²) in [6.07, 6.45) is 3.69. The zero-order valence-corrected chi connectivity index (χ0v) is 16.8. The number of aromatic nitrogens is 3. The van der Waals surface area contributed by atoms with Crippen molar-refractivity contribution in [3.8, 4) is 16.9 Å². The maximum Gasteiger partial charge on any atom is 0.236 e. The number of carbonyl (C=O) groups excluding carboxylic acids is 1. The molecular weight excluding hydrogens is 388 g/mol. The van der Waals surface area contributed by atoms with Crippen LogP contribution in [0, 0.1) is 6.92 Å². The van der Waals surface area contributed by atoms with Gasteiger partial charge in [0.25, 0.3) is 0 Å². The number of thioether (sulfide) groups is 1. The highest BCUT2D eigenvalue weighted by molar-refractivity contribution is 7.99. The summed E-state index contributed by atoms with van der Waals surface area (Å²) in [7, 11) is 0. The molecule has 0 aliphatic heterocycles. The molecule has 0 fully saturated rings. The Hall–Kier alpha value is -2.90. The van der Waals surface area contributed by atoms with Gasteiger partial charge in [0.05, 0.1) is 11.4 Å². The molecule has 0 radical (unpaired) electrons. The average molecular weight is 407 g/mol. The Balaban J connectivity index is 1.60. The Bertz CT molecular complexity index is 1080. The van der Waals surface area contributed by atoms with Gasteiger partial charge in [0.1, 0.15) is 0 Å². The minimum atomic E-state index is -0.0972. The molecule has 4 rings (SSSR count). The van der Waals surface area contributed by atoms with E-state index in [-0.39, 0.29) is 11.7 Å². The van der Waals surface area contributed by atoms with Gasteiger partial charge >= 0.3 is 0 Å². The van der Waals surface area contributed by atoms with Gasteiger partial charge in [0.15, 0.2) is 10.3 Å². The number of aryl methyl sites for hydroxylation is 1. The maximum absolute atomic E-state index is 12.3. The SMILES string of the molecule is Cc1cccc(-n2cc(-c3ccccc3)nc2SCC(=O)Nc2nccs2)c1. The number of nitrogens with zero attached hydrogens (tertiary/aromatic N) is 3. The van der Waals surface area contributed by atoms with Crippen LogP contribution in [0.4, 0.5) is 5.13 Å². The maximum atomic E-state index is 12.3. The Labute approximate surface area is 171 Å². The molecule has 0 saturated carbocycles. The number of carbonyl (C=O) groups is 1. The number of amides is 1. The van der Waals surface area contributed by atoms with Crippen LogP contribution in [0.15, 0.2) is 77.5 Å². The Morgan fingerprint density at radius 3 is 2.79 bits per heavy atom. The summed E-state index contributed by atoms with van der Waals surface area (Å²) in [6, 6.07) is 18.3. The lowest BCUT2D eigenvalue weighted by Crippen LogP contribution is -2.14. The molecule has 0 unspecified atom stereocenters. The molecule has 7 heteroatoms. The number of imidazole rings is 1. The van der Waals surface area contributed by atoms with E-state index in [4.69, 9.17) is 4.98 Å². The minimum Gasteiger partial charge on any atom is -0.301 e. The van der Waals surface area contributed by atoms with Crippen LogP contribution in [0.25, 0.3) is 16.9 Å². The molecule has 0 atom stereocenters. The fourth-order valence-electron chi connectivity index (χ4n) is 2.75. The van der Waals surface area contributed by atoms with Crippen molar-refractivity contribution in [3.63, 3.8) is 0 Å². The normalized spacial score (nSPS) is 10.8. The van der Waals surface area contributed by atoms with E-state index >= 15 is 0 Å². The molecule has 140 valence electrons. The summed E-state index contributed by atoms with van der Waals surface area (Å²) in [5, 5.41) is 6.03. The average Bonchev–Trinajstić information content (AvgIpc) is 3.37. The quantitative estimate of drug-likeness (QED) is 0.456. The first-order valence-electron chi connectivity index (χ1n) is 8.73. The van der Waals surface area contributed by atoms with E-state index in [1.807, 2.05) is 58.6 Å². The van der Waals surface area contributed by atoms with Gasteiger partial charge in [-0.25, -0.2) is 9.97 Å². The molecule has 5 nitrogen and oxygen atoms in total. The molecule has 2 aromatic heterocycles. The molecule has 1 amide bonds. The minimum absolute atomic E-state index is 0.0972. The van der Waals surface area contributed by atoms with Crippen molar-refractivity contribution in [2.75, 3.05) is 11.1 Å². The summed E-state index contributed by atoms with van der Waals surface area (Å²) >= 11 is 2.81. The van der Waals surface area contributed by atoms with E-state index in [1.54, 1.807) is 6.20 Å². The third kappa shape index (κ3) is 4.32. The molecule has 0 aliphatic rings. The summed E-state index contributed by atoms with van der Waals surface area (Å²) in [5.41, 5.74) is 4.12. The fraction of sp³-hybridized carbons (Fsp3) is 0.0952. The lowest BCUT2D eigenvalue weighted by Gasteiger charge is -2.08. The zero-order chi connectivity index (χ0) is 19.3. The summed E-state index contributed by atoms with van der Waals surface area (Å²) < 4.78 is 2.04. The summed E-state index contributed by atoms with van der Waals surface area (Å²) in [6.45, 7) is 2.06. The van der Waals surface area contributed by atoms with Crippen LogP contribution in [0.2, 0.25) is 0 Å². The van der Waals surface area contributed by atoms with Crippen molar-refractivity contribution in [3.05, 3.63) is 77.9 Å². The zero-order valence-electron chi connectivity index (χ0n) is 15.2. The summed E-state index contributed by atoms with van der Waals surface area (Å²) in [4.78, 5) is 21.1. The van der Waals surface area contributed by atoms with Gasteiger partial charge in [-0.05, 0) is 24.6 Å². The number of benzene rings is 2. The molecule has 0 aliphatic carbocycles. The monoisotopic (exact) mass is 406 g/mol. The number of rotatable bonds is 6. The molecule has 0 saturated heterocycles. The molecule has 4 aromatic rings. The van der Waals surface area contributed by atoms with E-state index in [0.717, 1.165) is 22.1 Å². The first-order chi connectivity index (χ1) is 13.7. The van der Waals surface area contributed by atoms with E-state index in [9.17, 15) is 4.79 Å². The van der Waals surface area contributed by atoms with Crippen LogP contribution in [0.3, 0.4) is 0 Å². The van der Waals surface area contributed by atoms with Crippen LogP contribution >= 0.6 is 23.1 Å². The highest BCUT2D eigenvalue weighted by Crippen LogP contribution is 2.27. The highest BCUT2D eigenvalue weighted by atomic mass is 32.2. The van der Waals surface area contributed by atoms with Crippen molar-refractivity contribution in [2.45, 2.75) is 12.1 Å². The topological polar surface area (TPSA) is 59.8 Å². The van der Waals surface area contributed by atoms with E-state index in [2.05, 4.69) is 29.4 Å². The number of thiazole rings is 1. The fourth-order valence-corrected chi connectivity index (χ4v) is 4.08. The molecule has 0 bridgehead atoms. The molecule has 1 N–H and O–H groups in total. The molecule has 2 heterocycles. The predicted octanol–water partition coefficient (Wildman–Crippen LogP) is 5.04. The number of anilines is 1. The van der Waals surface area contributed by atoms with Gasteiger partial charge in [0.2, 0.25) is 5.91 Å². The van der Waals surface area contributed by atoms with Crippen molar-refractivity contribution in [1.29, 1.82) is 0 Å². The number of hydrogen-bond donors (Lipinski definition) is 1. The van der Waals surface area contributed by atoms with Crippen LogP contribution in [0.5, 0.6) is 0 Å². The lowest BCUT2D eigenvalue weighted by atomic mass is 10.2. The van der Waals surface area contributed by atoms with Crippen LogP contribution in [0.1, 0.15) is 5.56 Å². The van der Waals surface area contributed by atoms with Gasteiger partial charge in [-0.3, -0.25) is 9.36 Å². The van der Waals surface area contributed by atoms with Crippen LogP contribution in [-0.2, 0) is 4.79 Å². The Kier molecular flexibility index (Phi) is 5.55. The Morgan fingerprint density at radius 1 is 1.18 bits per heavy atom. The van der Waals surface area contributed by atoms with Crippen LogP contribution < -0.4 is 5.32 Å². The molecule has 2 aromatic carbocycles. The third-order valence-electron chi connectivity index (χ3n) is 4.03. The van der Waals surface area contributed by atoms with Gasteiger partial charge in [-0.15, -0.1) is 11.3 Å². The Morgan fingerprint density at radius 2 is 2.04 bits per heavy atom. The first kappa shape index (κ1) is 18.5. The van der Waals surface area contributed by atoms with E-state index < -0.39 is 0 Å². The van der Waals surface area contributed by atoms with Gasteiger partial charge in [-0.2, -0.15) is 0 Å². The predicted molar refractivity (Wildman–Crippen MR) is 115 cm³/mol. The van der Waals surface area contributed by atoms with Gasteiger partial charge < -0.3 is 5.32 Å². The smallest absolute Gasteiger partial charge is 0.236 e. The van der Waals surface area contributed by atoms with Crippen molar-refractivity contribution in [1.82, 2.24) is 14.5 Å². The summed E-state index contributed by atoms with van der Waals surface area (Å²) in [5.74, 6) is 0.163. The van der Waals surface area contributed by atoms with Gasteiger partial charge in [0, 0.05) is 29.0 Å². The molecular formula is C21H18N4OS2. The lowest BCUT2D eigenvalue weighted by molar-refractivity contribution is -0.113. The molecule has 28 heavy (non-hydrogen) atoms. The number of hydrogen-bond acceptors (Lipinski definition) is 5. The van der Waals surface area contributed by atoms with Crippen molar-refractivity contribution in [2.24, 2.45) is 0 Å². The standard InChI is InChI=1S/C21H18N4OS2/c1-15-6-5-9-17(12-15)25-13-18(16-7-3-2-4-8-16)23-21(25)28-14-19(26)24-20-22-10-11-27-20/h2-13H,14H2,1H3,(H,22,24,26). The first-order valence-corrected chi connectivity index (χ1v) is 10.6. The largest absolute Gasteiger partial charge is 0.301 e. The van der Waals surface area contributed by atoms with Crippen molar-refractivity contribution < 1.29 is 4.79 Å². The third-order valence-corrected chi connectivity index (χ3v) is 5.68. The number of nitrogens with one attached hydrogen (secondary N) is 1. The highest BCUT2D eigenvalue weighted by Gasteiger charge is 2.14. The van der Waals surface area contributed by atoms with E-state index in [0.29, 0.717) is 5.13 Å².